The molecule has 3 heteroatoms. The van der Waals surface area contributed by atoms with Crippen LogP contribution in [0.3, 0.4) is 0 Å². The zero-order chi connectivity index (χ0) is 6.85. The van der Waals surface area contributed by atoms with E-state index in [1.807, 2.05) is 0 Å². The fourth-order valence-corrected chi connectivity index (χ4v) is 1.15. The Balaban J connectivity index is 2.35. The second-order valence-corrected chi connectivity index (χ2v) is 2.70. The van der Waals surface area contributed by atoms with Crippen LogP contribution in [0.2, 0.25) is 0 Å². The third kappa shape index (κ3) is 1.64. The highest BCUT2D eigenvalue weighted by Gasteiger charge is 2.24. The van der Waals surface area contributed by atoms with Gasteiger partial charge < -0.3 is 15.9 Å². The van der Waals surface area contributed by atoms with Gasteiger partial charge in [0.05, 0.1) is 12.2 Å². The van der Waals surface area contributed by atoms with Gasteiger partial charge in [-0.2, -0.15) is 0 Å². The SMILES string of the molecule is N[C@@H]1CC[C@@H](O)C[C@H]1O. The minimum absolute atomic E-state index is 0.117. The third-order valence-electron chi connectivity index (χ3n) is 1.84. The van der Waals surface area contributed by atoms with Gasteiger partial charge in [0, 0.05) is 12.5 Å². The molecule has 0 heterocycles. The monoisotopic (exact) mass is 131 g/mol. The lowest BCUT2D eigenvalue weighted by atomic mass is 9.91. The smallest absolute Gasteiger partial charge is 0.0715 e. The van der Waals surface area contributed by atoms with Crippen LogP contribution in [-0.4, -0.2) is 28.5 Å². The number of nitrogens with two attached hydrogens (primary N) is 1. The normalized spacial score (nSPS) is 45.0. The summed E-state index contributed by atoms with van der Waals surface area (Å²) in [7, 11) is 0. The summed E-state index contributed by atoms with van der Waals surface area (Å²) in [6, 6.07) is -0.117. The molecule has 1 fully saturated rings. The van der Waals surface area contributed by atoms with E-state index in [1.165, 1.54) is 0 Å². The summed E-state index contributed by atoms with van der Waals surface area (Å²) in [5.41, 5.74) is 5.48. The number of aliphatic hydroxyl groups excluding tert-OH is 2. The molecule has 9 heavy (non-hydrogen) atoms. The summed E-state index contributed by atoms with van der Waals surface area (Å²) in [6.45, 7) is 0. The molecule has 1 aliphatic rings. The van der Waals surface area contributed by atoms with E-state index in [9.17, 15) is 0 Å². The standard InChI is InChI=1S/C6H13NO2/c7-5-2-1-4(8)3-6(5)9/h4-6,8-9H,1-3,7H2/t4-,5-,6-/m1/s1. The van der Waals surface area contributed by atoms with Crippen LogP contribution >= 0.6 is 0 Å². The summed E-state index contributed by atoms with van der Waals surface area (Å²) in [6.07, 6.45) is 1.09. The first-order valence-corrected chi connectivity index (χ1v) is 3.32. The Kier molecular flexibility index (Phi) is 2.05. The van der Waals surface area contributed by atoms with Gasteiger partial charge in [0.1, 0.15) is 0 Å². The number of hydrogen-bond donors (Lipinski definition) is 3. The van der Waals surface area contributed by atoms with Gasteiger partial charge in [-0.15, -0.1) is 0 Å². The maximum absolute atomic E-state index is 9.06. The van der Waals surface area contributed by atoms with Gasteiger partial charge in [-0.25, -0.2) is 0 Å². The average molecular weight is 131 g/mol. The lowest BCUT2D eigenvalue weighted by Gasteiger charge is -2.27. The number of aliphatic hydroxyl groups is 2. The van der Waals surface area contributed by atoms with E-state index >= 15 is 0 Å². The van der Waals surface area contributed by atoms with Crippen LogP contribution in [0, 0.1) is 0 Å². The zero-order valence-corrected chi connectivity index (χ0v) is 5.33. The highest BCUT2D eigenvalue weighted by atomic mass is 16.3. The summed E-state index contributed by atoms with van der Waals surface area (Å²) in [5.74, 6) is 0. The lowest BCUT2D eigenvalue weighted by molar-refractivity contribution is 0.0273. The molecule has 0 aromatic heterocycles. The van der Waals surface area contributed by atoms with Crippen molar-refractivity contribution < 1.29 is 10.2 Å². The fourth-order valence-electron chi connectivity index (χ4n) is 1.15. The van der Waals surface area contributed by atoms with Gasteiger partial charge in [0.2, 0.25) is 0 Å². The van der Waals surface area contributed by atoms with E-state index < -0.39 is 6.10 Å². The van der Waals surface area contributed by atoms with Gasteiger partial charge in [-0.1, -0.05) is 0 Å². The van der Waals surface area contributed by atoms with Crippen LogP contribution in [0.4, 0.5) is 0 Å². The predicted octanol–water partition coefficient (Wildman–Crippen LogP) is -0.781. The molecular weight excluding hydrogens is 118 g/mol. The van der Waals surface area contributed by atoms with Crippen molar-refractivity contribution >= 4 is 0 Å². The molecule has 0 amide bonds. The Labute approximate surface area is 54.5 Å². The topological polar surface area (TPSA) is 66.5 Å². The molecule has 0 radical (unpaired) electrons. The van der Waals surface area contributed by atoms with Crippen molar-refractivity contribution in [2.75, 3.05) is 0 Å². The Bertz CT molecular complexity index is 97.1. The van der Waals surface area contributed by atoms with Crippen molar-refractivity contribution in [3.8, 4) is 0 Å². The second-order valence-electron chi connectivity index (χ2n) is 2.70. The lowest BCUT2D eigenvalue weighted by Crippen LogP contribution is -2.41. The summed E-state index contributed by atoms with van der Waals surface area (Å²) >= 11 is 0. The number of rotatable bonds is 0. The van der Waals surface area contributed by atoms with Crippen LogP contribution in [0.25, 0.3) is 0 Å². The molecule has 0 spiro atoms. The van der Waals surface area contributed by atoms with Gasteiger partial charge in [-0.3, -0.25) is 0 Å². The molecule has 0 bridgehead atoms. The van der Waals surface area contributed by atoms with E-state index in [0.29, 0.717) is 6.42 Å². The van der Waals surface area contributed by atoms with Crippen molar-refractivity contribution in [1.29, 1.82) is 0 Å². The molecule has 0 unspecified atom stereocenters. The van der Waals surface area contributed by atoms with Crippen LogP contribution < -0.4 is 5.73 Å². The fraction of sp³-hybridized carbons (Fsp3) is 1.00. The molecule has 54 valence electrons. The quantitative estimate of drug-likeness (QED) is 0.404. The average Bonchev–Trinajstić information content (AvgIpc) is 1.80. The Hall–Kier alpha value is -0.120. The molecular formula is C6H13NO2. The third-order valence-corrected chi connectivity index (χ3v) is 1.84. The van der Waals surface area contributed by atoms with Crippen molar-refractivity contribution in [1.82, 2.24) is 0 Å². The molecule has 1 aliphatic carbocycles. The Morgan fingerprint density at radius 1 is 1.22 bits per heavy atom. The van der Waals surface area contributed by atoms with Crippen LogP contribution in [0.5, 0.6) is 0 Å². The first-order valence-electron chi connectivity index (χ1n) is 3.32. The van der Waals surface area contributed by atoms with E-state index in [2.05, 4.69) is 0 Å². The molecule has 0 aromatic rings. The van der Waals surface area contributed by atoms with E-state index in [4.69, 9.17) is 15.9 Å². The van der Waals surface area contributed by atoms with E-state index in [1.54, 1.807) is 0 Å². The summed E-state index contributed by atoms with van der Waals surface area (Å²) in [4.78, 5) is 0. The van der Waals surface area contributed by atoms with Gasteiger partial charge in [0.25, 0.3) is 0 Å². The second kappa shape index (κ2) is 2.64. The van der Waals surface area contributed by atoms with Crippen molar-refractivity contribution in [2.45, 2.75) is 37.5 Å². The molecule has 3 atom stereocenters. The first-order chi connectivity index (χ1) is 4.20. The van der Waals surface area contributed by atoms with Gasteiger partial charge in [-0.05, 0) is 12.8 Å². The van der Waals surface area contributed by atoms with E-state index in [-0.39, 0.29) is 12.1 Å². The summed E-state index contributed by atoms with van der Waals surface area (Å²) in [5, 5.41) is 18.0. The molecule has 0 aliphatic heterocycles. The Morgan fingerprint density at radius 3 is 2.33 bits per heavy atom. The highest BCUT2D eigenvalue weighted by Crippen LogP contribution is 2.16. The first kappa shape index (κ1) is 6.99. The maximum atomic E-state index is 9.06. The van der Waals surface area contributed by atoms with Crippen molar-refractivity contribution in [3.63, 3.8) is 0 Å². The molecule has 4 N–H and O–H groups in total. The van der Waals surface area contributed by atoms with Gasteiger partial charge >= 0.3 is 0 Å². The minimum atomic E-state index is -0.492. The van der Waals surface area contributed by atoms with Crippen molar-refractivity contribution in [2.24, 2.45) is 5.73 Å². The number of hydrogen-bond acceptors (Lipinski definition) is 3. The van der Waals surface area contributed by atoms with Gasteiger partial charge in [0.15, 0.2) is 0 Å². The molecule has 3 nitrogen and oxygen atoms in total. The zero-order valence-electron chi connectivity index (χ0n) is 5.33. The van der Waals surface area contributed by atoms with Crippen LogP contribution in [0.15, 0.2) is 0 Å². The highest BCUT2D eigenvalue weighted by molar-refractivity contribution is 4.81. The summed E-state index contributed by atoms with van der Waals surface area (Å²) < 4.78 is 0. The molecule has 1 saturated carbocycles. The Morgan fingerprint density at radius 2 is 1.89 bits per heavy atom. The van der Waals surface area contributed by atoms with Crippen LogP contribution in [0.1, 0.15) is 19.3 Å². The maximum Gasteiger partial charge on any atom is 0.0715 e. The molecule has 1 rings (SSSR count). The predicted molar refractivity (Wildman–Crippen MR) is 33.8 cm³/mol. The van der Waals surface area contributed by atoms with E-state index in [0.717, 1.165) is 12.8 Å². The largest absolute Gasteiger partial charge is 0.393 e. The molecule has 0 saturated heterocycles. The molecule has 0 aromatic carbocycles. The van der Waals surface area contributed by atoms with Crippen molar-refractivity contribution in [3.05, 3.63) is 0 Å². The minimum Gasteiger partial charge on any atom is -0.393 e. The van der Waals surface area contributed by atoms with Crippen LogP contribution in [-0.2, 0) is 0 Å².